The van der Waals surface area contributed by atoms with Crippen molar-refractivity contribution in [1.29, 1.82) is 0 Å². The number of benzene rings is 2. The van der Waals surface area contributed by atoms with Crippen LogP contribution in [0.4, 0.5) is 5.69 Å². The number of nitrogens with one attached hydrogen (secondary N) is 1. The molecule has 0 heterocycles. The summed E-state index contributed by atoms with van der Waals surface area (Å²) in [6, 6.07) is 14.4. The van der Waals surface area contributed by atoms with Crippen LogP contribution in [0.15, 0.2) is 48.5 Å². The number of amides is 2. The van der Waals surface area contributed by atoms with Crippen molar-refractivity contribution in [2.24, 2.45) is 0 Å². The number of para-hydroxylation sites is 1. The highest BCUT2D eigenvalue weighted by molar-refractivity contribution is 7.92. The summed E-state index contributed by atoms with van der Waals surface area (Å²) in [5, 5.41) is 2.95. The van der Waals surface area contributed by atoms with Crippen LogP contribution in [-0.2, 0) is 26.2 Å². The number of carbonyl (C=O) groups is 2. The normalized spacial score (nSPS) is 12.7. The molecule has 35 heavy (non-hydrogen) atoms. The summed E-state index contributed by atoms with van der Waals surface area (Å²) < 4.78 is 26.3. The molecular formula is C27H39N3O4S. The Kier molecular flexibility index (Phi) is 9.49. The first-order valence-corrected chi connectivity index (χ1v) is 13.7. The molecule has 0 radical (unpaired) electrons. The van der Waals surface area contributed by atoms with E-state index >= 15 is 0 Å². The number of hydrogen-bond acceptors (Lipinski definition) is 4. The summed E-state index contributed by atoms with van der Waals surface area (Å²) >= 11 is 0. The van der Waals surface area contributed by atoms with Crippen molar-refractivity contribution in [2.45, 2.75) is 72.5 Å². The van der Waals surface area contributed by atoms with E-state index in [1.54, 1.807) is 24.0 Å². The minimum absolute atomic E-state index is 0.122. The van der Waals surface area contributed by atoms with Crippen molar-refractivity contribution < 1.29 is 18.0 Å². The molecule has 0 aromatic heterocycles. The fraction of sp³-hybridized carbons (Fsp3) is 0.481. The van der Waals surface area contributed by atoms with Crippen LogP contribution in [0.3, 0.4) is 0 Å². The van der Waals surface area contributed by atoms with Crippen LogP contribution in [0.2, 0.25) is 0 Å². The third-order valence-corrected chi connectivity index (χ3v) is 6.82. The molecule has 8 heteroatoms. The van der Waals surface area contributed by atoms with Gasteiger partial charge in [-0.15, -0.1) is 0 Å². The molecule has 0 spiro atoms. The zero-order valence-corrected chi connectivity index (χ0v) is 22.8. The maximum atomic E-state index is 13.4. The third kappa shape index (κ3) is 8.69. The largest absolute Gasteiger partial charge is 0.350 e. The molecular weight excluding hydrogens is 462 g/mol. The SMILES string of the molecule is Cc1cccc(CN(C(=O)CCCN(c2ccccc2C)S(C)(=O)=O)C(C)C(=O)NC(C)(C)C)c1. The van der Waals surface area contributed by atoms with Gasteiger partial charge in [-0.1, -0.05) is 48.0 Å². The minimum Gasteiger partial charge on any atom is -0.350 e. The van der Waals surface area contributed by atoms with E-state index in [-0.39, 0.29) is 24.8 Å². The first-order chi connectivity index (χ1) is 16.2. The minimum atomic E-state index is -3.52. The number of rotatable bonds is 10. The topological polar surface area (TPSA) is 86.8 Å². The molecule has 2 amide bonds. The van der Waals surface area contributed by atoms with E-state index in [0.29, 0.717) is 18.7 Å². The van der Waals surface area contributed by atoms with E-state index in [4.69, 9.17) is 0 Å². The van der Waals surface area contributed by atoms with Gasteiger partial charge in [-0.05, 0) is 65.2 Å². The number of sulfonamides is 1. The van der Waals surface area contributed by atoms with E-state index in [1.165, 1.54) is 10.6 Å². The number of hydrogen-bond donors (Lipinski definition) is 1. The molecule has 1 atom stereocenters. The van der Waals surface area contributed by atoms with E-state index < -0.39 is 21.6 Å². The van der Waals surface area contributed by atoms with E-state index in [2.05, 4.69) is 5.32 Å². The van der Waals surface area contributed by atoms with Gasteiger partial charge in [-0.3, -0.25) is 13.9 Å². The van der Waals surface area contributed by atoms with E-state index in [9.17, 15) is 18.0 Å². The number of anilines is 1. The molecule has 0 aliphatic heterocycles. The second kappa shape index (κ2) is 11.7. The van der Waals surface area contributed by atoms with Gasteiger partial charge in [0.25, 0.3) is 0 Å². The quantitative estimate of drug-likeness (QED) is 0.529. The van der Waals surface area contributed by atoms with Crippen molar-refractivity contribution in [3.05, 3.63) is 65.2 Å². The van der Waals surface area contributed by atoms with Gasteiger partial charge in [0, 0.05) is 25.0 Å². The fourth-order valence-electron chi connectivity index (χ4n) is 3.89. The average Bonchev–Trinajstić information content (AvgIpc) is 2.73. The van der Waals surface area contributed by atoms with E-state index in [0.717, 1.165) is 16.7 Å². The fourth-order valence-corrected chi connectivity index (χ4v) is 4.91. The molecule has 2 aromatic rings. The Hall–Kier alpha value is -2.87. The van der Waals surface area contributed by atoms with Crippen LogP contribution in [0.25, 0.3) is 0 Å². The summed E-state index contributed by atoms with van der Waals surface area (Å²) in [6.07, 6.45) is 1.62. The Morgan fingerprint density at radius 2 is 1.69 bits per heavy atom. The third-order valence-electron chi connectivity index (χ3n) is 5.64. The van der Waals surface area contributed by atoms with Gasteiger partial charge >= 0.3 is 0 Å². The highest BCUT2D eigenvalue weighted by Crippen LogP contribution is 2.23. The van der Waals surface area contributed by atoms with Gasteiger partial charge < -0.3 is 10.2 Å². The molecule has 1 N–H and O–H groups in total. The first kappa shape index (κ1) is 28.4. The highest BCUT2D eigenvalue weighted by Gasteiger charge is 2.28. The second-order valence-electron chi connectivity index (χ2n) is 10.2. The summed E-state index contributed by atoms with van der Waals surface area (Å²) in [4.78, 5) is 27.8. The first-order valence-electron chi connectivity index (χ1n) is 11.9. The molecule has 192 valence electrons. The molecule has 7 nitrogen and oxygen atoms in total. The van der Waals surface area contributed by atoms with Crippen molar-refractivity contribution in [3.63, 3.8) is 0 Å². The molecule has 2 rings (SSSR count). The summed E-state index contributed by atoms with van der Waals surface area (Å²) in [6.45, 7) is 11.7. The monoisotopic (exact) mass is 501 g/mol. The molecule has 0 saturated carbocycles. The van der Waals surface area contributed by atoms with Crippen molar-refractivity contribution in [2.75, 3.05) is 17.1 Å². The Bertz CT molecular complexity index is 1140. The molecule has 1 unspecified atom stereocenters. The van der Waals surface area contributed by atoms with Crippen LogP contribution >= 0.6 is 0 Å². The molecule has 2 aromatic carbocycles. The van der Waals surface area contributed by atoms with Crippen LogP contribution in [0, 0.1) is 13.8 Å². The number of carbonyl (C=O) groups excluding carboxylic acids is 2. The predicted octanol–water partition coefficient (Wildman–Crippen LogP) is 4.18. The van der Waals surface area contributed by atoms with Crippen LogP contribution in [0.5, 0.6) is 0 Å². The zero-order chi connectivity index (χ0) is 26.4. The molecule has 0 fully saturated rings. The number of nitrogens with zero attached hydrogens (tertiary/aromatic N) is 2. The van der Waals surface area contributed by atoms with Gasteiger partial charge in [0.15, 0.2) is 0 Å². The molecule has 0 saturated heterocycles. The smallest absolute Gasteiger partial charge is 0.242 e. The van der Waals surface area contributed by atoms with Crippen LogP contribution in [-0.4, -0.2) is 49.5 Å². The highest BCUT2D eigenvalue weighted by atomic mass is 32.2. The molecule has 0 bridgehead atoms. The average molecular weight is 502 g/mol. The maximum Gasteiger partial charge on any atom is 0.242 e. The predicted molar refractivity (Wildman–Crippen MR) is 142 cm³/mol. The lowest BCUT2D eigenvalue weighted by Crippen LogP contribution is -2.52. The van der Waals surface area contributed by atoms with Crippen LogP contribution < -0.4 is 9.62 Å². The lowest BCUT2D eigenvalue weighted by molar-refractivity contribution is -0.141. The van der Waals surface area contributed by atoms with Crippen molar-refractivity contribution >= 4 is 27.5 Å². The standard InChI is InChI=1S/C27H39N3O4S/c1-20-12-10-14-23(18-20)19-29(22(3)26(32)28-27(4,5)6)25(31)16-11-17-30(35(7,33)34)24-15-9-8-13-21(24)2/h8-10,12-15,18,22H,11,16-17,19H2,1-7H3,(H,28,32). The van der Waals surface area contributed by atoms with Gasteiger partial charge in [-0.25, -0.2) is 8.42 Å². The zero-order valence-electron chi connectivity index (χ0n) is 22.0. The van der Waals surface area contributed by atoms with Crippen LogP contribution in [0.1, 0.15) is 57.2 Å². The lowest BCUT2D eigenvalue weighted by atomic mass is 10.1. The summed E-state index contributed by atoms with van der Waals surface area (Å²) in [5.74, 6) is -0.419. The number of aryl methyl sites for hydroxylation is 2. The second-order valence-corrected chi connectivity index (χ2v) is 12.1. The van der Waals surface area contributed by atoms with Crippen molar-refractivity contribution in [1.82, 2.24) is 10.2 Å². The lowest BCUT2D eigenvalue weighted by Gasteiger charge is -2.32. The van der Waals surface area contributed by atoms with Gasteiger partial charge in [0.1, 0.15) is 6.04 Å². The Labute approximate surface area is 210 Å². The van der Waals surface area contributed by atoms with Gasteiger partial charge in [0.2, 0.25) is 21.8 Å². The Morgan fingerprint density at radius 1 is 1.03 bits per heavy atom. The van der Waals surface area contributed by atoms with Gasteiger partial charge in [0.05, 0.1) is 11.9 Å². The Morgan fingerprint density at radius 3 is 2.26 bits per heavy atom. The Balaban J connectivity index is 2.20. The van der Waals surface area contributed by atoms with Gasteiger partial charge in [-0.2, -0.15) is 0 Å². The summed E-state index contributed by atoms with van der Waals surface area (Å²) in [7, 11) is -3.52. The molecule has 0 aliphatic rings. The summed E-state index contributed by atoms with van der Waals surface area (Å²) in [5.41, 5.74) is 3.04. The maximum absolute atomic E-state index is 13.4. The van der Waals surface area contributed by atoms with E-state index in [1.807, 2.05) is 71.0 Å². The van der Waals surface area contributed by atoms with Crippen molar-refractivity contribution in [3.8, 4) is 0 Å². The molecule has 0 aliphatic carbocycles.